The maximum atomic E-state index is 6.01. The lowest BCUT2D eigenvalue weighted by Gasteiger charge is -2.32. The van der Waals surface area contributed by atoms with Crippen molar-refractivity contribution in [2.24, 2.45) is 11.3 Å². The van der Waals surface area contributed by atoms with Gasteiger partial charge in [0.15, 0.2) is 0 Å². The zero-order valence-electron chi connectivity index (χ0n) is 11.5. The van der Waals surface area contributed by atoms with Crippen LogP contribution in [-0.2, 0) is 4.74 Å². The van der Waals surface area contributed by atoms with Crippen molar-refractivity contribution in [1.82, 2.24) is 0 Å². The second-order valence-corrected chi connectivity index (χ2v) is 7.41. The maximum absolute atomic E-state index is 6.01. The van der Waals surface area contributed by atoms with Crippen LogP contribution >= 0.6 is 31.9 Å². The Kier molecular flexibility index (Phi) is 4.73. The number of ether oxygens (including phenoxy) is 2. The molecular weight excluding hydrogens is 384 g/mol. The summed E-state index contributed by atoms with van der Waals surface area (Å²) < 4.78 is 13.0. The Balaban J connectivity index is 1.58. The van der Waals surface area contributed by atoms with Crippen molar-refractivity contribution >= 4 is 31.9 Å². The SMILES string of the molecule is BrCC1(CCOc2cccc(Br)c2)CCOC1C1CC1. The molecule has 0 radical (unpaired) electrons. The average Bonchev–Trinajstić information content (AvgIpc) is 3.20. The van der Waals surface area contributed by atoms with Gasteiger partial charge >= 0.3 is 0 Å². The normalized spacial score (nSPS) is 29.6. The van der Waals surface area contributed by atoms with Crippen LogP contribution in [0.5, 0.6) is 5.75 Å². The summed E-state index contributed by atoms with van der Waals surface area (Å²) in [6.07, 6.45) is 5.33. The van der Waals surface area contributed by atoms with Gasteiger partial charge in [-0.1, -0.05) is 37.9 Å². The summed E-state index contributed by atoms with van der Waals surface area (Å²) in [5, 5.41) is 1.02. The number of halogens is 2. The highest BCUT2D eigenvalue weighted by atomic mass is 79.9. The number of hydrogen-bond acceptors (Lipinski definition) is 2. The summed E-state index contributed by atoms with van der Waals surface area (Å²) >= 11 is 7.20. The van der Waals surface area contributed by atoms with Crippen molar-refractivity contribution in [1.29, 1.82) is 0 Å². The number of alkyl halides is 1. The molecule has 2 fully saturated rings. The van der Waals surface area contributed by atoms with Gasteiger partial charge in [0, 0.05) is 21.8 Å². The minimum absolute atomic E-state index is 0.271. The molecule has 2 atom stereocenters. The van der Waals surface area contributed by atoms with Crippen LogP contribution < -0.4 is 4.74 Å². The Labute approximate surface area is 137 Å². The molecule has 1 saturated heterocycles. The summed E-state index contributed by atoms with van der Waals surface area (Å²) in [6.45, 7) is 1.66. The quantitative estimate of drug-likeness (QED) is 0.635. The molecule has 0 N–H and O–H groups in total. The minimum atomic E-state index is 0.271. The Morgan fingerprint density at radius 3 is 2.90 bits per heavy atom. The van der Waals surface area contributed by atoms with E-state index in [-0.39, 0.29) is 5.41 Å². The first-order chi connectivity index (χ1) is 9.73. The molecule has 20 heavy (non-hydrogen) atoms. The van der Waals surface area contributed by atoms with Crippen molar-refractivity contribution in [2.75, 3.05) is 18.5 Å². The molecule has 2 aliphatic rings. The van der Waals surface area contributed by atoms with E-state index in [1.807, 2.05) is 24.3 Å². The van der Waals surface area contributed by atoms with E-state index in [1.165, 1.54) is 12.8 Å². The van der Waals surface area contributed by atoms with E-state index >= 15 is 0 Å². The Bertz CT molecular complexity index is 462. The fourth-order valence-corrected chi connectivity index (χ4v) is 4.41. The third-order valence-electron chi connectivity index (χ3n) is 4.48. The molecule has 0 aromatic heterocycles. The van der Waals surface area contributed by atoms with Crippen LogP contribution in [0.25, 0.3) is 0 Å². The summed E-state index contributed by atoms with van der Waals surface area (Å²) in [4.78, 5) is 0. The standard InChI is InChI=1S/C16H20Br2O2/c17-11-16(7-9-20-15(16)12-4-5-12)6-8-19-14-3-1-2-13(18)10-14/h1-3,10,12,15H,4-9,11H2. The lowest BCUT2D eigenvalue weighted by Crippen LogP contribution is -2.36. The van der Waals surface area contributed by atoms with Crippen molar-refractivity contribution in [2.45, 2.75) is 31.8 Å². The van der Waals surface area contributed by atoms with Crippen molar-refractivity contribution in [3.8, 4) is 5.75 Å². The van der Waals surface area contributed by atoms with Gasteiger partial charge in [-0.25, -0.2) is 0 Å². The van der Waals surface area contributed by atoms with E-state index in [4.69, 9.17) is 9.47 Å². The third kappa shape index (κ3) is 3.23. The van der Waals surface area contributed by atoms with Crippen LogP contribution in [0, 0.1) is 11.3 Å². The highest BCUT2D eigenvalue weighted by Gasteiger charge is 2.50. The molecule has 110 valence electrons. The smallest absolute Gasteiger partial charge is 0.120 e. The summed E-state index contributed by atoms with van der Waals surface area (Å²) in [5.74, 6) is 1.73. The van der Waals surface area contributed by atoms with Crippen LogP contribution in [0.1, 0.15) is 25.7 Å². The van der Waals surface area contributed by atoms with Crippen LogP contribution in [0.15, 0.2) is 28.7 Å². The van der Waals surface area contributed by atoms with Gasteiger partial charge in [-0.05, 0) is 49.8 Å². The van der Waals surface area contributed by atoms with Crippen LogP contribution in [-0.4, -0.2) is 24.6 Å². The van der Waals surface area contributed by atoms with E-state index in [2.05, 4.69) is 31.9 Å². The van der Waals surface area contributed by atoms with E-state index in [1.54, 1.807) is 0 Å². The minimum Gasteiger partial charge on any atom is -0.494 e. The molecule has 1 saturated carbocycles. The van der Waals surface area contributed by atoms with Gasteiger partial charge in [-0.2, -0.15) is 0 Å². The van der Waals surface area contributed by atoms with Gasteiger partial charge in [0.25, 0.3) is 0 Å². The molecule has 1 aromatic rings. The summed E-state index contributed by atoms with van der Waals surface area (Å²) in [7, 11) is 0. The van der Waals surface area contributed by atoms with Crippen molar-refractivity contribution in [3.63, 3.8) is 0 Å². The van der Waals surface area contributed by atoms with Crippen LogP contribution in [0.2, 0.25) is 0 Å². The van der Waals surface area contributed by atoms with Gasteiger partial charge in [-0.3, -0.25) is 0 Å². The highest BCUT2D eigenvalue weighted by Crippen LogP contribution is 2.50. The predicted octanol–water partition coefficient (Wildman–Crippen LogP) is 4.80. The fourth-order valence-electron chi connectivity index (χ4n) is 3.15. The van der Waals surface area contributed by atoms with E-state index in [9.17, 15) is 0 Å². The monoisotopic (exact) mass is 402 g/mol. The van der Waals surface area contributed by atoms with E-state index in [0.29, 0.717) is 6.10 Å². The summed E-state index contributed by atoms with van der Waals surface area (Å²) in [5.41, 5.74) is 0.271. The first-order valence-corrected chi connectivity index (χ1v) is 9.21. The van der Waals surface area contributed by atoms with Crippen LogP contribution in [0.4, 0.5) is 0 Å². The molecule has 1 aromatic carbocycles. The van der Waals surface area contributed by atoms with Gasteiger partial charge < -0.3 is 9.47 Å². The maximum Gasteiger partial charge on any atom is 0.120 e. The molecule has 1 aliphatic heterocycles. The molecule has 0 bridgehead atoms. The van der Waals surface area contributed by atoms with Crippen molar-refractivity contribution in [3.05, 3.63) is 28.7 Å². The Morgan fingerprint density at radius 1 is 1.35 bits per heavy atom. The Morgan fingerprint density at radius 2 is 2.20 bits per heavy atom. The molecule has 3 rings (SSSR count). The predicted molar refractivity (Wildman–Crippen MR) is 87.6 cm³/mol. The Hall–Kier alpha value is -0.0600. The highest BCUT2D eigenvalue weighted by molar-refractivity contribution is 9.10. The van der Waals surface area contributed by atoms with Gasteiger partial charge in [0.2, 0.25) is 0 Å². The van der Waals surface area contributed by atoms with E-state index in [0.717, 1.165) is 47.5 Å². The molecule has 2 nitrogen and oxygen atoms in total. The number of benzene rings is 1. The second-order valence-electron chi connectivity index (χ2n) is 5.93. The first kappa shape index (κ1) is 14.9. The molecule has 0 amide bonds. The molecule has 4 heteroatoms. The zero-order valence-corrected chi connectivity index (χ0v) is 14.7. The van der Waals surface area contributed by atoms with Gasteiger partial charge in [-0.15, -0.1) is 0 Å². The molecular formula is C16H20Br2O2. The fraction of sp³-hybridized carbons (Fsp3) is 0.625. The van der Waals surface area contributed by atoms with Crippen molar-refractivity contribution < 1.29 is 9.47 Å². The van der Waals surface area contributed by atoms with Gasteiger partial charge in [0.05, 0.1) is 12.7 Å². The largest absolute Gasteiger partial charge is 0.494 e. The lowest BCUT2D eigenvalue weighted by molar-refractivity contribution is 0.0318. The lowest BCUT2D eigenvalue weighted by atomic mass is 9.78. The van der Waals surface area contributed by atoms with Gasteiger partial charge in [0.1, 0.15) is 5.75 Å². The molecule has 0 spiro atoms. The zero-order chi connectivity index (χ0) is 14.0. The molecule has 2 unspecified atom stereocenters. The van der Waals surface area contributed by atoms with Crippen LogP contribution in [0.3, 0.4) is 0 Å². The average molecular weight is 404 g/mol. The van der Waals surface area contributed by atoms with E-state index < -0.39 is 0 Å². The summed E-state index contributed by atoms with van der Waals surface area (Å²) in [6, 6.07) is 8.05. The molecule has 1 aliphatic carbocycles. The number of hydrogen-bond donors (Lipinski definition) is 0. The second kappa shape index (κ2) is 6.37. The molecule has 1 heterocycles. The third-order valence-corrected chi connectivity index (χ3v) is 6.09. The topological polar surface area (TPSA) is 18.5 Å². The number of rotatable bonds is 6. The first-order valence-electron chi connectivity index (χ1n) is 7.29.